The normalized spacial score (nSPS) is 13.6. The molecule has 0 aromatic carbocycles. The molecule has 3 N–H and O–H groups in total. The Labute approximate surface area is 86.2 Å². The fourth-order valence-electron chi connectivity index (χ4n) is 1.13. The van der Waals surface area contributed by atoms with Crippen molar-refractivity contribution in [1.82, 2.24) is 10.3 Å². The van der Waals surface area contributed by atoms with E-state index in [1.165, 1.54) is 0 Å². The number of halogens is 1. The topological polar surface area (TPSA) is 54.4 Å². The summed E-state index contributed by atoms with van der Waals surface area (Å²) in [5.41, 5.74) is 2.71. The van der Waals surface area contributed by atoms with Gasteiger partial charge in [-0.1, -0.05) is 0 Å². The second kappa shape index (κ2) is 4.76. The zero-order chi connectivity index (χ0) is 9.84. The minimum atomic E-state index is 0.0133. The number of hydrazine groups is 1. The van der Waals surface area contributed by atoms with Crippen molar-refractivity contribution in [2.24, 2.45) is 5.84 Å². The zero-order valence-corrected chi connectivity index (χ0v) is 9.34. The Bertz CT molecular complexity index is 262. The number of likely N-dealkylation sites (N-methyl/N-ethyl adjacent to an activating group) is 1. The van der Waals surface area contributed by atoms with Crippen LogP contribution in [0.15, 0.2) is 21.2 Å². The minimum Gasteiger partial charge on any atom is -0.466 e. The van der Waals surface area contributed by atoms with Gasteiger partial charge in [-0.15, -0.1) is 0 Å². The molecule has 0 saturated carbocycles. The monoisotopic (exact) mass is 247 g/mol. The van der Waals surface area contributed by atoms with Crippen molar-refractivity contribution in [3.05, 3.63) is 22.6 Å². The second-order valence-corrected chi connectivity index (χ2v) is 3.97. The van der Waals surface area contributed by atoms with Crippen LogP contribution in [0.4, 0.5) is 0 Å². The van der Waals surface area contributed by atoms with E-state index in [-0.39, 0.29) is 6.04 Å². The van der Waals surface area contributed by atoms with Crippen LogP contribution in [0, 0.1) is 0 Å². The Balaban J connectivity index is 2.72. The van der Waals surface area contributed by atoms with Crippen molar-refractivity contribution >= 4 is 15.9 Å². The molecule has 5 heteroatoms. The lowest BCUT2D eigenvalue weighted by Crippen LogP contribution is -2.35. The van der Waals surface area contributed by atoms with Gasteiger partial charge in [-0.05, 0) is 36.1 Å². The Morgan fingerprint density at radius 1 is 1.69 bits per heavy atom. The third-order valence-electron chi connectivity index (χ3n) is 1.71. The van der Waals surface area contributed by atoms with Gasteiger partial charge in [0.2, 0.25) is 0 Å². The lowest BCUT2D eigenvalue weighted by Gasteiger charge is -2.18. The van der Waals surface area contributed by atoms with Crippen LogP contribution in [-0.2, 0) is 0 Å². The van der Waals surface area contributed by atoms with E-state index in [1.54, 1.807) is 6.26 Å². The molecule has 13 heavy (non-hydrogen) atoms. The largest absolute Gasteiger partial charge is 0.466 e. The van der Waals surface area contributed by atoms with Gasteiger partial charge in [0.15, 0.2) is 0 Å². The zero-order valence-electron chi connectivity index (χ0n) is 7.75. The molecule has 74 valence electrons. The maximum atomic E-state index is 5.42. The fraction of sp³-hybridized carbons (Fsp3) is 0.500. The summed E-state index contributed by atoms with van der Waals surface area (Å²) in [5.74, 6) is 6.25. The number of rotatable bonds is 4. The maximum absolute atomic E-state index is 5.42. The van der Waals surface area contributed by atoms with Gasteiger partial charge < -0.3 is 9.32 Å². The summed E-state index contributed by atoms with van der Waals surface area (Å²) in [7, 11) is 3.97. The van der Waals surface area contributed by atoms with Crippen LogP contribution in [0.5, 0.6) is 0 Å². The van der Waals surface area contributed by atoms with Gasteiger partial charge in [0.25, 0.3) is 0 Å². The number of nitrogens with two attached hydrogens (primary N) is 1. The molecule has 0 aliphatic heterocycles. The SMILES string of the molecule is CN(C)CC(NN)c1occc1Br. The van der Waals surface area contributed by atoms with Crippen molar-refractivity contribution in [2.75, 3.05) is 20.6 Å². The van der Waals surface area contributed by atoms with Crippen LogP contribution in [-0.4, -0.2) is 25.5 Å². The van der Waals surface area contributed by atoms with Crippen LogP contribution >= 0.6 is 15.9 Å². The first-order chi connectivity index (χ1) is 6.15. The lowest BCUT2D eigenvalue weighted by molar-refractivity contribution is 0.310. The second-order valence-electron chi connectivity index (χ2n) is 3.11. The van der Waals surface area contributed by atoms with Gasteiger partial charge in [-0.2, -0.15) is 0 Å². The van der Waals surface area contributed by atoms with Crippen molar-refractivity contribution in [3.63, 3.8) is 0 Å². The summed E-state index contributed by atoms with van der Waals surface area (Å²) < 4.78 is 6.24. The first-order valence-corrected chi connectivity index (χ1v) is 4.78. The first-order valence-electron chi connectivity index (χ1n) is 3.99. The molecule has 0 bridgehead atoms. The van der Waals surface area contributed by atoms with Gasteiger partial charge in [-0.3, -0.25) is 5.84 Å². The molecule has 0 fully saturated rings. The van der Waals surface area contributed by atoms with E-state index in [0.29, 0.717) is 0 Å². The average Bonchev–Trinajstić information content (AvgIpc) is 2.47. The van der Waals surface area contributed by atoms with Crippen LogP contribution < -0.4 is 11.3 Å². The van der Waals surface area contributed by atoms with Crippen LogP contribution in [0.1, 0.15) is 11.8 Å². The third kappa shape index (κ3) is 2.80. The summed E-state index contributed by atoms with van der Waals surface area (Å²) in [5, 5.41) is 0. The van der Waals surface area contributed by atoms with Gasteiger partial charge in [-0.25, -0.2) is 5.43 Å². The van der Waals surface area contributed by atoms with E-state index in [4.69, 9.17) is 10.3 Å². The van der Waals surface area contributed by atoms with Crippen LogP contribution in [0.3, 0.4) is 0 Å². The Hall–Kier alpha value is -0.360. The molecule has 0 radical (unpaired) electrons. The molecule has 0 amide bonds. The number of hydrogen-bond acceptors (Lipinski definition) is 4. The number of nitrogens with one attached hydrogen (secondary N) is 1. The predicted octanol–water partition coefficient (Wildman–Crippen LogP) is 1.11. The van der Waals surface area contributed by atoms with Crippen molar-refractivity contribution in [3.8, 4) is 0 Å². The summed E-state index contributed by atoms with van der Waals surface area (Å²) in [6, 6.07) is 1.87. The molecule has 1 atom stereocenters. The molecule has 0 spiro atoms. The highest BCUT2D eigenvalue weighted by Crippen LogP contribution is 2.24. The number of furan rings is 1. The first kappa shape index (κ1) is 10.7. The molecule has 1 aromatic heterocycles. The molecule has 0 aliphatic rings. The molecule has 1 unspecified atom stereocenters. The van der Waals surface area contributed by atoms with Gasteiger partial charge >= 0.3 is 0 Å². The van der Waals surface area contributed by atoms with Crippen molar-refractivity contribution in [1.29, 1.82) is 0 Å². The van der Waals surface area contributed by atoms with Gasteiger partial charge in [0.05, 0.1) is 16.8 Å². The number of hydrogen-bond donors (Lipinski definition) is 2. The third-order valence-corrected chi connectivity index (χ3v) is 2.37. The van der Waals surface area contributed by atoms with Crippen LogP contribution in [0.2, 0.25) is 0 Å². The van der Waals surface area contributed by atoms with Crippen molar-refractivity contribution < 1.29 is 4.42 Å². The highest BCUT2D eigenvalue weighted by atomic mass is 79.9. The molecule has 0 aliphatic carbocycles. The smallest absolute Gasteiger partial charge is 0.137 e. The Kier molecular flexibility index (Phi) is 3.92. The standard InChI is InChI=1S/C8H14BrN3O/c1-12(2)5-7(11-10)8-6(9)3-4-13-8/h3-4,7,11H,5,10H2,1-2H3. The summed E-state index contributed by atoms with van der Waals surface area (Å²) in [6.07, 6.45) is 1.64. The molecular formula is C8H14BrN3O. The Morgan fingerprint density at radius 2 is 2.38 bits per heavy atom. The van der Waals surface area contributed by atoms with E-state index in [9.17, 15) is 0 Å². The van der Waals surface area contributed by atoms with Gasteiger partial charge in [0.1, 0.15) is 5.76 Å². The maximum Gasteiger partial charge on any atom is 0.137 e. The van der Waals surface area contributed by atoms with Crippen molar-refractivity contribution in [2.45, 2.75) is 6.04 Å². The average molecular weight is 248 g/mol. The van der Waals surface area contributed by atoms with Gasteiger partial charge in [0, 0.05) is 6.54 Å². The molecular weight excluding hydrogens is 234 g/mol. The molecule has 4 nitrogen and oxygen atoms in total. The molecule has 1 heterocycles. The molecule has 1 aromatic rings. The van der Waals surface area contributed by atoms with E-state index >= 15 is 0 Å². The molecule has 0 saturated heterocycles. The quantitative estimate of drug-likeness (QED) is 0.619. The lowest BCUT2D eigenvalue weighted by atomic mass is 10.2. The highest BCUT2D eigenvalue weighted by Gasteiger charge is 2.16. The minimum absolute atomic E-state index is 0.0133. The summed E-state index contributed by atoms with van der Waals surface area (Å²) in [6.45, 7) is 0.794. The van der Waals surface area contributed by atoms with Crippen LogP contribution in [0.25, 0.3) is 0 Å². The summed E-state index contributed by atoms with van der Waals surface area (Å²) in [4.78, 5) is 2.04. The predicted molar refractivity (Wildman–Crippen MR) is 55.0 cm³/mol. The summed E-state index contributed by atoms with van der Waals surface area (Å²) >= 11 is 3.39. The van der Waals surface area contributed by atoms with E-state index in [2.05, 4.69) is 21.4 Å². The van der Waals surface area contributed by atoms with E-state index < -0.39 is 0 Å². The number of nitrogens with zero attached hydrogens (tertiary/aromatic N) is 1. The van der Waals surface area contributed by atoms with E-state index in [1.807, 2.05) is 25.1 Å². The highest BCUT2D eigenvalue weighted by molar-refractivity contribution is 9.10. The Morgan fingerprint density at radius 3 is 2.77 bits per heavy atom. The van der Waals surface area contributed by atoms with E-state index in [0.717, 1.165) is 16.8 Å². The molecule has 1 rings (SSSR count). The fourth-order valence-corrected chi connectivity index (χ4v) is 1.61.